The van der Waals surface area contributed by atoms with Gasteiger partial charge in [-0.1, -0.05) is 27.7 Å². The second-order valence-corrected chi connectivity index (χ2v) is 9.32. The molecule has 1 saturated heterocycles. The van der Waals surface area contributed by atoms with Gasteiger partial charge >= 0.3 is 5.97 Å². The van der Waals surface area contributed by atoms with Crippen LogP contribution in [0.2, 0.25) is 0 Å². The maximum Gasteiger partial charge on any atom is 0.338 e. The number of benzene rings is 1. The molecule has 0 radical (unpaired) electrons. The molecule has 0 amide bonds. The van der Waals surface area contributed by atoms with Crippen LogP contribution in [0.5, 0.6) is 0 Å². The molecule has 1 aromatic carbocycles. The molecule has 0 N–H and O–H groups in total. The summed E-state index contributed by atoms with van der Waals surface area (Å²) < 4.78 is 12.5. The molecule has 1 spiro atoms. The minimum atomic E-state index is -0.477. The van der Waals surface area contributed by atoms with Crippen molar-refractivity contribution in [2.45, 2.75) is 78.1 Å². The molecule has 1 aromatic rings. The molecule has 1 heterocycles. The zero-order chi connectivity index (χ0) is 20.7. The Morgan fingerprint density at radius 3 is 2.43 bits per heavy atom. The van der Waals surface area contributed by atoms with Gasteiger partial charge in [0.25, 0.3) is 5.69 Å². The molecule has 4 atom stereocenters. The van der Waals surface area contributed by atoms with E-state index < -0.39 is 10.9 Å². The summed E-state index contributed by atoms with van der Waals surface area (Å²) >= 11 is 0. The van der Waals surface area contributed by atoms with E-state index in [1.165, 1.54) is 24.3 Å². The van der Waals surface area contributed by atoms with Gasteiger partial charge in [-0.15, -0.1) is 0 Å². The van der Waals surface area contributed by atoms with Gasteiger partial charge in [0.1, 0.15) is 6.10 Å². The summed E-state index contributed by atoms with van der Waals surface area (Å²) in [5.41, 5.74) is -0.288. The van der Waals surface area contributed by atoms with E-state index in [1.807, 2.05) is 0 Å². The summed E-state index contributed by atoms with van der Waals surface area (Å²) in [6, 6.07) is 5.59. The summed E-state index contributed by atoms with van der Waals surface area (Å²) in [4.78, 5) is 23.1. The summed E-state index contributed by atoms with van der Waals surface area (Å²) in [5, 5.41) is 10.8. The Bertz CT molecular complexity index is 742. The Morgan fingerprint density at radius 1 is 1.29 bits per heavy atom. The lowest BCUT2D eigenvalue weighted by Crippen LogP contribution is -2.58. The number of ether oxygens (including phenoxy) is 2. The monoisotopic (exact) mass is 389 g/mol. The third kappa shape index (κ3) is 3.66. The maximum absolute atomic E-state index is 12.8. The number of nitro benzene ring substituents is 1. The Morgan fingerprint density at radius 2 is 1.93 bits per heavy atom. The van der Waals surface area contributed by atoms with Crippen molar-refractivity contribution in [1.29, 1.82) is 0 Å². The smallest absolute Gasteiger partial charge is 0.338 e. The molecule has 28 heavy (non-hydrogen) atoms. The van der Waals surface area contributed by atoms with Crippen LogP contribution in [0, 0.1) is 27.4 Å². The van der Waals surface area contributed by atoms with Crippen LogP contribution in [0.3, 0.4) is 0 Å². The minimum absolute atomic E-state index is 0.0401. The fourth-order valence-corrected chi connectivity index (χ4v) is 4.82. The fraction of sp³-hybridized carbons (Fsp3) is 0.682. The van der Waals surface area contributed by atoms with Crippen molar-refractivity contribution in [3.05, 3.63) is 39.9 Å². The van der Waals surface area contributed by atoms with Crippen molar-refractivity contribution < 1.29 is 19.2 Å². The van der Waals surface area contributed by atoms with E-state index in [0.29, 0.717) is 17.4 Å². The third-order valence-corrected chi connectivity index (χ3v) is 6.98. The highest BCUT2D eigenvalue weighted by molar-refractivity contribution is 5.89. The van der Waals surface area contributed by atoms with Crippen LogP contribution in [0.15, 0.2) is 24.3 Å². The van der Waals surface area contributed by atoms with Gasteiger partial charge < -0.3 is 9.47 Å². The van der Waals surface area contributed by atoms with Gasteiger partial charge in [-0.3, -0.25) is 10.1 Å². The third-order valence-electron chi connectivity index (χ3n) is 6.98. The Hall–Kier alpha value is -1.95. The largest absolute Gasteiger partial charge is 0.458 e. The van der Waals surface area contributed by atoms with Crippen LogP contribution in [-0.4, -0.2) is 28.7 Å². The molecule has 1 aliphatic heterocycles. The quantitative estimate of drug-likeness (QED) is 0.404. The number of carbonyl (C=O) groups is 1. The SMILES string of the molecule is CC(C)[C@@H]1C[C@@H](OC(=O)c2ccc([N+](=O)[O-])cc2)C(C)(C)C2(CC[C@@H](C)O2)C1. The van der Waals surface area contributed by atoms with Gasteiger partial charge in [0.05, 0.1) is 22.2 Å². The molecule has 1 saturated carbocycles. The van der Waals surface area contributed by atoms with Crippen molar-refractivity contribution in [2.75, 3.05) is 0 Å². The molecular formula is C22H31NO5. The average molecular weight is 389 g/mol. The lowest BCUT2D eigenvalue weighted by Gasteiger charge is -2.54. The predicted molar refractivity (Wildman–Crippen MR) is 106 cm³/mol. The fourth-order valence-electron chi connectivity index (χ4n) is 4.82. The van der Waals surface area contributed by atoms with E-state index in [9.17, 15) is 14.9 Å². The van der Waals surface area contributed by atoms with Gasteiger partial charge in [-0.25, -0.2) is 4.79 Å². The molecule has 2 fully saturated rings. The van der Waals surface area contributed by atoms with E-state index in [-0.39, 0.29) is 28.9 Å². The summed E-state index contributed by atoms with van der Waals surface area (Å²) in [6.07, 6.45) is 3.77. The average Bonchev–Trinajstić information content (AvgIpc) is 3.01. The number of rotatable bonds is 4. The van der Waals surface area contributed by atoms with Gasteiger partial charge in [-0.05, 0) is 56.6 Å². The van der Waals surface area contributed by atoms with Crippen LogP contribution >= 0.6 is 0 Å². The second-order valence-electron chi connectivity index (χ2n) is 9.32. The van der Waals surface area contributed by atoms with Gasteiger partial charge in [0, 0.05) is 17.5 Å². The second kappa shape index (κ2) is 7.47. The van der Waals surface area contributed by atoms with Crippen LogP contribution in [0.25, 0.3) is 0 Å². The number of nitrogens with zero attached hydrogens (tertiary/aromatic N) is 1. The summed E-state index contributed by atoms with van der Waals surface area (Å²) in [6.45, 7) is 10.8. The molecule has 0 aromatic heterocycles. The highest BCUT2D eigenvalue weighted by atomic mass is 16.6. The topological polar surface area (TPSA) is 78.7 Å². The van der Waals surface area contributed by atoms with Crippen molar-refractivity contribution in [3.63, 3.8) is 0 Å². The van der Waals surface area contributed by atoms with Crippen LogP contribution in [0.1, 0.15) is 70.7 Å². The number of nitro groups is 1. The molecule has 0 bridgehead atoms. The van der Waals surface area contributed by atoms with Gasteiger partial charge in [0.2, 0.25) is 0 Å². The van der Waals surface area contributed by atoms with Crippen molar-refractivity contribution in [1.82, 2.24) is 0 Å². The molecule has 3 rings (SSSR count). The predicted octanol–water partition coefficient (Wildman–Crippen LogP) is 5.15. The van der Waals surface area contributed by atoms with Crippen molar-refractivity contribution in [3.8, 4) is 0 Å². The normalized spacial score (nSPS) is 31.9. The molecule has 2 aliphatic rings. The number of carbonyl (C=O) groups excluding carboxylic acids is 1. The van der Waals surface area contributed by atoms with E-state index in [0.717, 1.165) is 25.7 Å². The standard InChI is InChI=1S/C22H31NO5/c1-14(2)17-12-19(21(4,5)22(13-17)11-10-15(3)28-22)27-20(24)16-6-8-18(9-7-16)23(25)26/h6-9,14-15,17,19H,10-13H2,1-5H3/t15-,17-,19-,22?/m1/s1. The molecule has 6 heteroatoms. The molecule has 6 nitrogen and oxygen atoms in total. The van der Waals surface area contributed by atoms with Gasteiger partial charge in [0.15, 0.2) is 0 Å². The zero-order valence-electron chi connectivity index (χ0n) is 17.4. The summed E-state index contributed by atoms with van der Waals surface area (Å²) in [5.74, 6) is 0.472. The Balaban J connectivity index is 1.84. The maximum atomic E-state index is 12.8. The first kappa shape index (κ1) is 20.8. The Kier molecular flexibility index (Phi) is 5.54. The molecular weight excluding hydrogens is 358 g/mol. The minimum Gasteiger partial charge on any atom is -0.458 e. The van der Waals surface area contributed by atoms with Crippen LogP contribution in [0.4, 0.5) is 5.69 Å². The number of hydrogen-bond donors (Lipinski definition) is 0. The van der Waals surface area contributed by atoms with Crippen molar-refractivity contribution in [2.24, 2.45) is 17.3 Å². The van der Waals surface area contributed by atoms with E-state index in [4.69, 9.17) is 9.47 Å². The Labute approximate surface area is 166 Å². The molecule has 1 unspecified atom stereocenters. The highest BCUT2D eigenvalue weighted by Gasteiger charge is 2.59. The van der Waals surface area contributed by atoms with Crippen LogP contribution in [-0.2, 0) is 9.47 Å². The van der Waals surface area contributed by atoms with E-state index >= 15 is 0 Å². The van der Waals surface area contributed by atoms with E-state index in [1.54, 1.807) is 0 Å². The summed E-state index contributed by atoms with van der Waals surface area (Å²) in [7, 11) is 0. The molecule has 154 valence electrons. The number of esters is 1. The van der Waals surface area contributed by atoms with Crippen LogP contribution < -0.4 is 0 Å². The lowest BCUT2D eigenvalue weighted by atomic mass is 9.58. The van der Waals surface area contributed by atoms with E-state index in [2.05, 4.69) is 34.6 Å². The first-order chi connectivity index (χ1) is 13.1. The first-order valence-corrected chi connectivity index (χ1v) is 10.2. The number of hydrogen-bond acceptors (Lipinski definition) is 5. The van der Waals surface area contributed by atoms with Crippen molar-refractivity contribution >= 4 is 11.7 Å². The molecule has 1 aliphatic carbocycles. The number of non-ortho nitro benzene ring substituents is 1. The highest BCUT2D eigenvalue weighted by Crippen LogP contribution is 2.56. The first-order valence-electron chi connectivity index (χ1n) is 10.2. The van der Waals surface area contributed by atoms with Gasteiger partial charge in [-0.2, -0.15) is 0 Å². The zero-order valence-corrected chi connectivity index (χ0v) is 17.4. The lowest BCUT2D eigenvalue weighted by molar-refractivity contribution is -0.384.